The van der Waals surface area contributed by atoms with E-state index in [1.54, 1.807) is 0 Å². The lowest BCUT2D eigenvalue weighted by Gasteiger charge is -1.94. The average Bonchev–Trinajstić information content (AvgIpc) is 2.83. The minimum Gasteiger partial charge on any atom is -0.262 e. The first-order valence-electron chi connectivity index (χ1n) is 12.2. The third kappa shape index (κ3) is 19.4. The Labute approximate surface area is 199 Å². The Hall–Kier alpha value is -2.55. The summed E-state index contributed by atoms with van der Waals surface area (Å²) in [4.78, 5) is 12.3. The van der Waals surface area contributed by atoms with Crippen molar-refractivity contribution in [2.24, 2.45) is 0 Å². The fourth-order valence-corrected chi connectivity index (χ4v) is 2.30. The number of hydrogen-bond donors (Lipinski definition) is 0. The summed E-state index contributed by atoms with van der Waals surface area (Å²) < 4.78 is 0. The van der Waals surface area contributed by atoms with Crippen LogP contribution in [0.15, 0.2) is 55.0 Å². The molecular weight excluding hydrogens is 390 g/mol. The molecule has 0 aliphatic heterocycles. The Morgan fingerprint density at radius 2 is 0.969 bits per heavy atom. The van der Waals surface area contributed by atoms with E-state index in [0.717, 1.165) is 24.2 Å². The van der Waals surface area contributed by atoms with E-state index < -0.39 is 0 Å². The van der Waals surface area contributed by atoms with E-state index in [-0.39, 0.29) is 0 Å². The highest BCUT2D eigenvalue weighted by Gasteiger charge is 1.88. The first-order valence-corrected chi connectivity index (χ1v) is 12.2. The summed E-state index contributed by atoms with van der Waals surface area (Å²) in [6.45, 7) is 24.4. The number of hydrogen-bond acceptors (Lipinski definition) is 3. The SMILES string of the molecule is CC.CC.CC.CCc1cc(C)ccn1.CCc1ccnc(C)c1.Cc1ccnc(C)c1. The number of aryl methyl sites for hydroxylation is 6. The lowest BCUT2D eigenvalue weighted by atomic mass is 10.2. The molecule has 0 saturated carbocycles. The molecule has 0 saturated heterocycles. The van der Waals surface area contributed by atoms with Crippen LogP contribution in [0, 0.1) is 27.7 Å². The molecule has 0 aliphatic carbocycles. The van der Waals surface area contributed by atoms with Crippen molar-refractivity contribution in [1.82, 2.24) is 15.0 Å². The lowest BCUT2D eigenvalue weighted by Crippen LogP contribution is -1.85. The van der Waals surface area contributed by atoms with Crippen molar-refractivity contribution < 1.29 is 0 Å². The average molecular weight is 440 g/mol. The summed E-state index contributed by atoms with van der Waals surface area (Å²) in [6.07, 6.45) is 7.66. The van der Waals surface area contributed by atoms with Gasteiger partial charge in [0.15, 0.2) is 0 Å². The highest BCUT2D eigenvalue weighted by molar-refractivity contribution is 5.15. The zero-order valence-corrected chi connectivity index (χ0v) is 23.0. The Balaban J connectivity index is -0.000000353. The van der Waals surface area contributed by atoms with E-state index in [9.17, 15) is 0 Å². The largest absolute Gasteiger partial charge is 0.262 e. The van der Waals surface area contributed by atoms with E-state index >= 15 is 0 Å². The van der Waals surface area contributed by atoms with E-state index in [0.29, 0.717) is 0 Å². The van der Waals surface area contributed by atoms with E-state index in [2.05, 4.69) is 60.8 Å². The molecule has 3 rings (SSSR count). The lowest BCUT2D eigenvalue weighted by molar-refractivity contribution is 1.03. The van der Waals surface area contributed by atoms with Crippen LogP contribution in [0.4, 0.5) is 0 Å². The predicted octanol–water partition coefficient (Wildman–Crippen LogP) is 8.68. The molecule has 180 valence electrons. The topological polar surface area (TPSA) is 38.7 Å². The number of nitrogens with zero attached hydrogens (tertiary/aromatic N) is 3. The Bertz CT molecular complexity index is 720. The normalized spacial score (nSPS) is 8.25. The van der Waals surface area contributed by atoms with Crippen molar-refractivity contribution in [2.75, 3.05) is 0 Å². The van der Waals surface area contributed by atoms with Gasteiger partial charge in [0.1, 0.15) is 0 Å². The first-order chi connectivity index (χ1) is 15.4. The van der Waals surface area contributed by atoms with Crippen LogP contribution in [0.1, 0.15) is 89.2 Å². The van der Waals surface area contributed by atoms with E-state index in [1.165, 1.54) is 22.4 Å². The minimum absolute atomic E-state index is 1.03. The molecule has 0 radical (unpaired) electrons. The smallest absolute Gasteiger partial charge is 0.0403 e. The van der Waals surface area contributed by atoms with Crippen LogP contribution in [0.25, 0.3) is 0 Å². The maximum absolute atomic E-state index is 4.16. The van der Waals surface area contributed by atoms with Crippen LogP contribution in [0.3, 0.4) is 0 Å². The summed E-state index contributed by atoms with van der Waals surface area (Å²) >= 11 is 0. The molecule has 0 atom stereocenters. The Morgan fingerprint density at radius 1 is 0.531 bits per heavy atom. The summed E-state index contributed by atoms with van der Waals surface area (Å²) in [5.41, 5.74) is 7.30. The molecule has 0 spiro atoms. The fraction of sp³-hybridized carbons (Fsp3) is 0.483. The van der Waals surface area contributed by atoms with Crippen LogP contribution >= 0.6 is 0 Å². The van der Waals surface area contributed by atoms with Crippen molar-refractivity contribution in [2.45, 2.75) is 95.9 Å². The third-order valence-electron chi connectivity index (χ3n) is 3.76. The van der Waals surface area contributed by atoms with Gasteiger partial charge in [-0.05, 0) is 93.6 Å². The molecule has 3 aromatic heterocycles. The molecule has 3 nitrogen and oxygen atoms in total. The molecule has 0 fully saturated rings. The van der Waals surface area contributed by atoms with Crippen LogP contribution in [0.2, 0.25) is 0 Å². The van der Waals surface area contributed by atoms with Crippen molar-refractivity contribution in [3.63, 3.8) is 0 Å². The summed E-state index contributed by atoms with van der Waals surface area (Å²) in [5, 5.41) is 0. The molecule has 0 amide bonds. The van der Waals surface area contributed by atoms with Crippen molar-refractivity contribution in [3.05, 3.63) is 88.8 Å². The zero-order chi connectivity index (χ0) is 25.4. The molecular formula is C29H49N3. The number of rotatable bonds is 2. The molecule has 0 aliphatic rings. The molecule has 3 heterocycles. The standard InChI is InChI=1S/2C8H11N.C7H9N.3C2H6/c1-3-8-4-5-9-7(2)6-8;1-3-8-6-7(2)4-5-9-8;1-6-3-4-8-7(2)5-6;3*1-2/h2*4-6H,3H2,1-2H3;3-5H,1-2H3;3*1-2H3. The van der Waals surface area contributed by atoms with Crippen molar-refractivity contribution >= 4 is 0 Å². The molecule has 0 aromatic carbocycles. The van der Waals surface area contributed by atoms with Gasteiger partial charge in [-0.3, -0.25) is 15.0 Å². The van der Waals surface area contributed by atoms with Crippen molar-refractivity contribution in [3.8, 4) is 0 Å². The second kappa shape index (κ2) is 24.7. The molecule has 0 N–H and O–H groups in total. The van der Waals surface area contributed by atoms with Gasteiger partial charge in [0.2, 0.25) is 0 Å². The number of aromatic nitrogens is 3. The van der Waals surface area contributed by atoms with Crippen LogP contribution in [-0.4, -0.2) is 15.0 Å². The molecule has 3 aromatic rings. The fourth-order valence-electron chi connectivity index (χ4n) is 2.30. The van der Waals surface area contributed by atoms with E-state index in [4.69, 9.17) is 0 Å². The van der Waals surface area contributed by atoms with Crippen LogP contribution in [0.5, 0.6) is 0 Å². The highest BCUT2D eigenvalue weighted by Crippen LogP contribution is 2.00. The summed E-state index contributed by atoms with van der Waals surface area (Å²) in [5.74, 6) is 0. The highest BCUT2D eigenvalue weighted by atomic mass is 14.7. The van der Waals surface area contributed by atoms with Gasteiger partial charge in [-0.2, -0.15) is 0 Å². The van der Waals surface area contributed by atoms with Gasteiger partial charge in [-0.15, -0.1) is 0 Å². The third-order valence-corrected chi connectivity index (χ3v) is 3.76. The van der Waals surface area contributed by atoms with Gasteiger partial charge < -0.3 is 0 Å². The monoisotopic (exact) mass is 439 g/mol. The summed E-state index contributed by atoms with van der Waals surface area (Å²) in [6, 6.07) is 12.3. The zero-order valence-electron chi connectivity index (χ0n) is 23.0. The van der Waals surface area contributed by atoms with Gasteiger partial charge in [0.05, 0.1) is 0 Å². The van der Waals surface area contributed by atoms with Crippen LogP contribution in [-0.2, 0) is 12.8 Å². The van der Waals surface area contributed by atoms with Crippen LogP contribution < -0.4 is 0 Å². The van der Waals surface area contributed by atoms with Gasteiger partial charge in [-0.25, -0.2) is 0 Å². The maximum Gasteiger partial charge on any atom is 0.0403 e. The Morgan fingerprint density at radius 3 is 1.25 bits per heavy atom. The molecule has 3 heteroatoms. The second-order valence-corrected chi connectivity index (χ2v) is 6.31. The van der Waals surface area contributed by atoms with Gasteiger partial charge in [0, 0.05) is 35.7 Å². The maximum atomic E-state index is 4.16. The van der Waals surface area contributed by atoms with Gasteiger partial charge >= 0.3 is 0 Å². The molecule has 32 heavy (non-hydrogen) atoms. The molecule has 0 unspecified atom stereocenters. The Kier molecular flexibility index (Phi) is 26.3. The van der Waals surface area contributed by atoms with E-state index in [1.807, 2.05) is 92.2 Å². The van der Waals surface area contributed by atoms with Gasteiger partial charge in [0.25, 0.3) is 0 Å². The summed E-state index contributed by atoms with van der Waals surface area (Å²) in [7, 11) is 0. The second-order valence-electron chi connectivity index (χ2n) is 6.31. The number of pyridine rings is 3. The first kappa shape index (κ1) is 34.1. The predicted molar refractivity (Wildman–Crippen MR) is 144 cm³/mol. The quantitative estimate of drug-likeness (QED) is 0.401. The minimum atomic E-state index is 1.03. The molecule has 0 bridgehead atoms. The van der Waals surface area contributed by atoms with Gasteiger partial charge in [-0.1, -0.05) is 55.4 Å². The van der Waals surface area contributed by atoms with Crippen molar-refractivity contribution in [1.29, 1.82) is 0 Å².